The van der Waals surface area contributed by atoms with Crippen LogP contribution >= 0.6 is 0 Å². The molecule has 0 spiro atoms. The summed E-state index contributed by atoms with van der Waals surface area (Å²) in [6, 6.07) is 10.1. The summed E-state index contributed by atoms with van der Waals surface area (Å²) in [6.45, 7) is 0.984. The molecule has 14 heteroatoms. The van der Waals surface area contributed by atoms with Gasteiger partial charge in [0.25, 0.3) is 0 Å². The zero-order valence-corrected chi connectivity index (χ0v) is 22.9. The molecule has 0 radical (unpaired) electrons. The van der Waals surface area contributed by atoms with Gasteiger partial charge in [0.1, 0.15) is 60.0 Å². The van der Waals surface area contributed by atoms with Gasteiger partial charge in [0.15, 0.2) is 12.6 Å². The summed E-state index contributed by atoms with van der Waals surface area (Å²) in [5.41, 5.74) is 1.21. The van der Waals surface area contributed by atoms with Crippen LogP contribution < -0.4 is 4.74 Å². The normalized spacial score (nSPS) is 37.8. The Bertz CT molecular complexity index is 1310. The number of phenolic OH excluding ortho intramolecular Hbond substituents is 2. The van der Waals surface area contributed by atoms with Crippen molar-refractivity contribution in [2.24, 2.45) is 0 Å². The van der Waals surface area contributed by atoms with Gasteiger partial charge in [0, 0.05) is 18.6 Å². The number of ether oxygens (including phenoxy) is 5. The van der Waals surface area contributed by atoms with E-state index in [4.69, 9.17) is 23.7 Å². The van der Waals surface area contributed by atoms with Crippen LogP contribution in [0.15, 0.2) is 48.5 Å². The second kappa shape index (κ2) is 12.8. The first-order chi connectivity index (χ1) is 20.4. The molecular weight excluding hydrogens is 572 g/mol. The van der Waals surface area contributed by atoms with Gasteiger partial charge in [-0.15, -0.1) is 0 Å². The molecule has 11 unspecified atom stereocenters. The van der Waals surface area contributed by atoms with E-state index in [1.54, 1.807) is 12.1 Å². The number of benzene rings is 2. The minimum Gasteiger partial charge on any atom is -0.508 e. The number of phenols is 2. The Balaban J connectivity index is 1.39. The van der Waals surface area contributed by atoms with Crippen molar-refractivity contribution in [1.82, 2.24) is 0 Å². The van der Waals surface area contributed by atoms with Crippen LogP contribution in [-0.4, -0.2) is 121 Å². The summed E-state index contributed by atoms with van der Waals surface area (Å²) in [6.07, 6.45) is -14.7. The number of hydrogen-bond acceptors (Lipinski definition) is 14. The fourth-order valence-electron chi connectivity index (χ4n) is 5.19. The molecule has 3 heterocycles. The monoisotopic (exact) mass is 606 g/mol. The smallest absolute Gasteiger partial charge is 0.336 e. The van der Waals surface area contributed by atoms with E-state index in [1.807, 2.05) is 0 Å². The lowest BCUT2D eigenvalue weighted by molar-refractivity contribution is -0.330. The maximum absolute atomic E-state index is 12.8. The molecule has 3 aliphatic rings. The molecule has 8 N–H and O–H groups in total. The molecule has 2 aromatic rings. The highest BCUT2D eigenvalue weighted by molar-refractivity contribution is 5.94. The number of aromatic hydroxyl groups is 2. The van der Waals surface area contributed by atoms with Gasteiger partial charge in [0.2, 0.25) is 0 Å². The van der Waals surface area contributed by atoms with Crippen molar-refractivity contribution < 1.29 is 69.3 Å². The molecule has 2 aromatic carbocycles. The average Bonchev–Trinajstić information content (AvgIpc) is 2.97. The Morgan fingerprint density at radius 3 is 2.16 bits per heavy atom. The van der Waals surface area contributed by atoms with Crippen LogP contribution in [0.2, 0.25) is 0 Å². The zero-order chi connectivity index (χ0) is 31.0. The van der Waals surface area contributed by atoms with Crippen molar-refractivity contribution in [3.63, 3.8) is 0 Å². The first kappa shape index (κ1) is 31.3. The molecule has 0 saturated carbocycles. The van der Waals surface area contributed by atoms with Crippen molar-refractivity contribution in [2.45, 2.75) is 80.9 Å². The van der Waals surface area contributed by atoms with Crippen molar-refractivity contribution >= 4 is 11.5 Å². The highest BCUT2D eigenvalue weighted by Crippen LogP contribution is 2.35. The quantitative estimate of drug-likeness (QED) is 0.141. The van der Waals surface area contributed by atoms with Gasteiger partial charge < -0.3 is 64.5 Å². The Kier molecular flexibility index (Phi) is 9.34. The third-order valence-electron chi connectivity index (χ3n) is 7.69. The van der Waals surface area contributed by atoms with Crippen molar-refractivity contribution in [1.29, 1.82) is 0 Å². The Morgan fingerprint density at radius 1 is 0.791 bits per heavy atom. The maximum Gasteiger partial charge on any atom is 0.336 e. The first-order valence-corrected chi connectivity index (χ1v) is 13.6. The number of hydrogen-bond donors (Lipinski definition) is 8. The van der Waals surface area contributed by atoms with Crippen LogP contribution in [0.25, 0.3) is 5.57 Å². The minimum absolute atomic E-state index is 0.0227. The van der Waals surface area contributed by atoms with E-state index in [-0.39, 0.29) is 29.2 Å². The number of rotatable bonds is 6. The molecular formula is C29H34O14. The summed E-state index contributed by atoms with van der Waals surface area (Å²) in [7, 11) is 0. The highest BCUT2D eigenvalue weighted by Gasteiger charge is 2.47. The number of aliphatic hydroxyl groups excluding tert-OH is 6. The van der Waals surface area contributed by atoms with E-state index in [9.17, 15) is 45.6 Å². The molecule has 0 bridgehead atoms. The predicted molar refractivity (Wildman–Crippen MR) is 143 cm³/mol. The lowest BCUT2D eigenvalue weighted by Crippen LogP contribution is -2.61. The zero-order valence-electron chi connectivity index (χ0n) is 22.9. The fourth-order valence-corrected chi connectivity index (χ4v) is 5.19. The van der Waals surface area contributed by atoms with Gasteiger partial charge in [-0.3, -0.25) is 0 Å². The molecule has 0 amide bonds. The topological polar surface area (TPSA) is 225 Å². The third kappa shape index (κ3) is 6.68. The van der Waals surface area contributed by atoms with Crippen molar-refractivity contribution in [2.75, 3.05) is 6.61 Å². The number of fused-ring (bicyclic) bond motifs is 1. The van der Waals surface area contributed by atoms with E-state index in [0.29, 0.717) is 11.1 Å². The van der Waals surface area contributed by atoms with Gasteiger partial charge in [0.05, 0.1) is 18.8 Å². The predicted octanol–water partition coefficient (Wildman–Crippen LogP) is -1.32. The van der Waals surface area contributed by atoms with Crippen LogP contribution in [0.3, 0.4) is 0 Å². The summed E-state index contributed by atoms with van der Waals surface area (Å²) in [5, 5.41) is 82.0. The number of carbonyl (C=O) groups excluding carboxylic acids is 1. The standard InChI is InChI=1S/C29H34O14/c1-12-22(33)24(35)26(37)28(40-12)39-11-20-23(34)25(36)27(38)29(43-20)42-19-8-14-4-7-16(31)9-18(14)41-21(32)10-17(19)13-2-5-15(30)6-3-13/h2-7,9-10,12,19-20,22-31,33-38H,8,11H2,1H3/b17-10-. The van der Waals surface area contributed by atoms with E-state index in [2.05, 4.69) is 0 Å². The Morgan fingerprint density at radius 2 is 1.44 bits per heavy atom. The van der Waals surface area contributed by atoms with Gasteiger partial charge in [-0.1, -0.05) is 18.2 Å². The lowest BCUT2D eigenvalue weighted by Gasteiger charge is -2.43. The van der Waals surface area contributed by atoms with E-state index in [1.165, 1.54) is 37.3 Å². The number of esters is 1. The maximum atomic E-state index is 12.8. The fraction of sp³-hybridized carbons (Fsp3) is 0.483. The second-order valence-electron chi connectivity index (χ2n) is 10.7. The molecule has 0 aliphatic carbocycles. The first-order valence-electron chi connectivity index (χ1n) is 13.6. The van der Waals surface area contributed by atoms with Crippen LogP contribution in [0.4, 0.5) is 0 Å². The van der Waals surface area contributed by atoms with Gasteiger partial charge in [-0.2, -0.15) is 0 Å². The Labute approximate surface area is 245 Å². The summed E-state index contributed by atoms with van der Waals surface area (Å²) in [4.78, 5) is 12.8. The molecule has 234 valence electrons. The van der Waals surface area contributed by atoms with E-state index >= 15 is 0 Å². The van der Waals surface area contributed by atoms with E-state index < -0.39 is 80.1 Å². The number of carbonyl (C=O) groups is 1. The molecule has 2 saturated heterocycles. The molecule has 14 nitrogen and oxygen atoms in total. The third-order valence-corrected chi connectivity index (χ3v) is 7.69. The molecule has 11 atom stereocenters. The van der Waals surface area contributed by atoms with Gasteiger partial charge >= 0.3 is 5.97 Å². The van der Waals surface area contributed by atoms with E-state index in [0.717, 1.165) is 6.08 Å². The molecule has 5 rings (SSSR count). The summed E-state index contributed by atoms with van der Waals surface area (Å²) >= 11 is 0. The molecule has 2 fully saturated rings. The molecule has 43 heavy (non-hydrogen) atoms. The van der Waals surface area contributed by atoms with Crippen LogP contribution in [0.1, 0.15) is 18.1 Å². The average molecular weight is 607 g/mol. The minimum atomic E-state index is -1.76. The van der Waals surface area contributed by atoms with Crippen LogP contribution in [0.5, 0.6) is 17.2 Å². The van der Waals surface area contributed by atoms with Crippen molar-refractivity contribution in [3.05, 3.63) is 59.7 Å². The summed E-state index contributed by atoms with van der Waals surface area (Å²) in [5.74, 6) is -0.867. The van der Waals surface area contributed by atoms with Crippen LogP contribution in [-0.2, 0) is 30.2 Å². The van der Waals surface area contributed by atoms with Crippen LogP contribution in [0, 0.1) is 0 Å². The van der Waals surface area contributed by atoms with Gasteiger partial charge in [-0.05, 0) is 41.8 Å². The Hall–Kier alpha value is -3.15. The number of aliphatic hydroxyl groups is 6. The summed E-state index contributed by atoms with van der Waals surface area (Å²) < 4.78 is 28.3. The van der Waals surface area contributed by atoms with Crippen molar-refractivity contribution in [3.8, 4) is 17.2 Å². The van der Waals surface area contributed by atoms with Gasteiger partial charge in [-0.25, -0.2) is 4.79 Å². The largest absolute Gasteiger partial charge is 0.508 e. The molecule has 3 aliphatic heterocycles. The lowest BCUT2D eigenvalue weighted by atomic mass is 9.93. The molecule has 0 aromatic heterocycles. The SMILES string of the molecule is CC1OC(OCC2OC(OC3Cc4ccc(O)cc4OC(=O)/C=C\3c3ccc(O)cc3)C(O)C(O)C2O)C(O)C(O)C1O. The second-order valence-corrected chi connectivity index (χ2v) is 10.7. The highest BCUT2D eigenvalue weighted by atomic mass is 16.7.